The molecule has 1 saturated heterocycles. The van der Waals surface area contributed by atoms with Gasteiger partial charge in [-0.25, -0.2) is 9.48 Å². The standard InChI is InChI=1S/C19H34N6O/c1-15(2)13-16-8-12-23(14-16)18(20-3)21-9-6-11-25-19(26)24-10-5-4-7-17(24)22-25/h15-16H,4-14H2,1-3H3,(H,20,21). The lowest BCUT2D eigenvalue weighted by Gasteiger charge is -2.22. The number of guanidine groups is 1. The lowest BCUT2D eigenvalue weighted by Crippen LogP contribution is -2.40. The Balaban J connectivity index is 1.44. The van der Waals surface area contributed by atoms with Crippen LogP contribution < -0.4 is 11.0 Å². The highest BCUT2D eigenvalue weighted by molar-refractivity contribution is 5.80. The molecule has 3 rings (SSSR count). The van der Waals surface area contributed by atoms with Gasteiger partial charge in [-0.3, -0.25) is 9.56 Å². The van der Waals surface area contributed by atoms with Crippen molar-refractivity contribution in [2.45, 2.75) is 65.5 Å². The molecule has 1 aromatic rings. The van der Waals surface area contributed by atoms with E-state index >= 15 is 0 Å². The van der Waals surface area contributed by atoms with E-state index in [1.54, 1.807) is 4.68 Å². The molecular formula is C19H34N6O. The van der Waals surface area contributed by atoms with Crippen molar-refractivity contribution in [3.8, 4) is 0 Å². The van der Waals surface area contributed by atoms with Gasteiger partial charge in [0.25, 0.3) is 0 Å². The van der Waals surface area contributed by atoms with Crippen LogP contribution in [0.25, 0.3) is 0 Å². The second-order valence-electron chi connectivity index (χ2n) is 8.09. The van der Waals surface area contributed by atoms with Crippen molar-refractivity contribution >= 4 is 5.96 Å². The number of hydrogen-bond donors (Lipinski definition) is 1. The summed E-state index contributed by atoms with van der Waals surface area (Å²) in [6.07, 6.45) is 6.58. The zero-order valence-corrected chi connectivity index (χ0v) is 16.6. The minimum absolute atomic E-state index is 0.0557. The van der Waals surface area contributed by atoms with Crippen LogP contribution in [0.2, 0.25) is 0 Å². The van der Waals surface area contributed by atoms with Gasteiger partial charge in [0.1, 0.15) is 5.82 Å². The molecule has 26 heavy (non-hydrogen) atoms. The van der Waals surface area contributed by atoms with Gasteiger partial charge in [-0.05, 0) is 43.9 Å². The topological polar surface area (TPSA) is 67.5 Å². The molecule has 7 heteroatoms. The second-order valence-corrected chi connectivity index (χ2v) is 8.09. The van der Waals surface area contributed by atoms with Crippen molar-refractivity contribution in [3.63, 3.8) is 0 Å². The molecule has 2 aliphatic rings. The Morgan fingerprint density at radius 1 is 1.35 bits per heavy atom. The summed E-state index contributed by atoms with van der Waals surface area (Å²) in [5, 5.41) is 7.96. The fourth-order valence-corrected chi connectivity index (χ4v) is 4.24. The van der Waals surface area contributed by atoms with Gasteiger partial charge >= 0.3 is 5.69 Å². The minimum Gasteiger partial charge on any atom is -0.356 e. The van der Waals surface area contributed by atoms with Crippen molar-refractivity contribution < 1.29 is 0 Å². The zero-order chi connectivity index (χ0) is 18.5. The van der Waals surface area contributed by atoms with E-state index in [0.717, 1.165) is 75.5 Å². The van der Waals surface area contributed by atoms with Crippen molar-refractivity contribution in [2.24, 2.45) is 16.8 Å². The molecule has 2 aliphatic heterocycles. The number of aryl methyl sites for hydroxylation is 2. The third-order valence-electron chi connectivity index (χ3n) is 5.46. The summed E-state index contributed by atoms with van der Waals surface area (Å²) in [5.74, 6) is 3.49. The maximum atomic E-state index is 12.3. The monoisotopic (exact) mass is 362 g/mol. The van der Waals surface area contributed by atoms with Crippen LogP contribution in [-0.2, 0) is 19.5 Å². The number of aromatic nitrogens is 3. The van der Waals surface area contributed by atoms with Crippen LogP contribution in [0.4, 0.5) is 0 Å². The maximum absolute atomic E-state index is 12.3. The normalized spacial score (nSPS) is 20.7. The van der Waals surface area contributed by atoms with Gasteiger partial charge < -0.3 is 10.2 Å². The van der Waals surface area contributed by atoms with E-state index in [-0.39, 0.29) is 5.69 Å². The first kappa shape index (κ1) is 19.0. The summed E-state index contributed by atoms with van der Waals surface area (Å²) in [6, 6.07) is 0. The Bertz CT molecular complexity index is 674. The van der Waals surface area contributed by atoms with Crippen LogP contribution in [0.3, 0.4) is 0 Å². The van der Waals surface area contributed by atoms with Gasteiger partial charge in [0.05, 0.1) is 0 Å². The van der Waals surface area contributed by atoms with E-state index in [4.69, 9.17) is 0 Å². The van der Waals surface area contributed by atoms with Gasteiger partial charge in [0.15, 0.2) is 5.96 Å². The second kappa shape index (κ2) is 8.73. The van der Waals surface area contributed by atoms with E-state index in [0.29, 0.717) is 6.54 Å². The molecular weight excluding hydrogens is 328 g/mol. The van der Waals surface area contributed by atoms with Gasteiger partial charge in [-0.1, -0.05) is 13.8 Å². The molecule has 1 unspecified atom stereocenters. The molecule has 1 N–H and O–H groups in total. The third kappa shape index (κ3) is 4.48. The highest BCUT2D eigenvalue weighted by Gasteiger charge is 2.25. The molecule has 0 amide bonds. The highest BCUT2D eigenvalue weighted by Crippen LogP contribution is 2.23. The maximum Gasteiger partial charge on any atom is 0.345 e. The largest absolute Gasteiger partial charge is 0.356 e. The predicted molar refractivity (Wildman–Crippen MR) is 105 cm³/mol. The van der Waals surface area contributed by atoms with Crippen LogP contribution >= 0.6 is 0 Å². The Labute approximate surface area is 156 Å². The summed E-state index contributed by atoms with van der Waals surface area (Å²) in [5.41, 5.74) is 0.0557. The molecule has 3 heterocycles. The van der Waals surface area contributed by atoms with E-state index in [2.05, 4.69) is 34.2 Å². The Kier molecular flexibility index (Phi) is 6.38. The Morgan fingerprint density at radius 2 is 2.19 bits per heavy atom. The molecule has 0 bridgehead atoms. The number of nitrogens with zero attached hydrogens (tertiary/aromatic N) is 5. The first-order valence-corrected chi connectivity index (χ1v) is 10.2. The molecule has 1 fully saturated rings. The van der Waals surface area contributed by atoms with Crippen LogP contribution in [-0.4, -0.2) is 51.9 Å². The summed E-state index contributed by atoms with van der Waals surface area (Å²) in [6.45, 7) is 9.09. The number of aliphatic imine (C=N–C) groups is 1. The Morgan fingerprint density at radius 3 is 2.92 bits per heavy atom. The highest BCUT2D eigenvalue weighted by atomic mass is 16.2. The molecule has 0 radical (unpaired) electrons. The minimum atomic E-state index is 0.0557. The number of nitrogens with one attached hydrogen (secondary N) is 1. The van der Waals surface area contributed by atoms with Gasteiger partial charge in [0, 0.05) is 46.2 Å². The fraction of sp³-hybridized carbons (Fsp3) is 0.842. The van der Waals surface area contributed by atoms with Gasteiger partial charge in [-0.2, -0.15) is 5.10 Å². The van der Waals surface area contributed by atoms with Crippen LogP contribution in [0.1, 0.15) is 51.8 Å². The summed E-state index contributed by atoms with van der Waals surface area (Å²) < 4.78 is 3.48. The molecule has 7 nitrogen and oxygen atoms in total. The van der Waals surface area contributed by atoms with Crippen LogP contribution in [0, 0.1) is 11.8 Å². The van der Waals surface area contributed by atoms with Crippen molar-refractivity contribution in [1.29, 1.82) is 0 Å². The van der Waals surface area contributed by atoms with Gasteiger partial charge in [0.2, 0.25) is 0 Å². The summed E-state index contributed by atoms with van der Waals surface area (Å²) >= 11 is 0. The predicted octanol–water partition coefficient (Wildman–Crippen LogP) is 1.71. The van der Waals surface area contributed by atoms with Crippen LogP contribution in [0.5, 0.6) is 0 Å². The average Bonchev–Trinajstić information content (AvgIpc) is 3.20. The molecule has 0 saturated carbocycles. The van der Waals surface area contributed by atoms with Gasteiger partial charge in [-0.15, -0.1) is 0 Å². The first-order chi connectivity index (χ1) is 12.6. The molecule has 1 atom stereocenters. The van der Waals surface area contributed by atoms with E-state index in [1.165, 1.54) is 12.8 Å². The molecule has 0 spiro atoms. The third-order valence-corrected chi connectivity index (χ3v) is 5.46. The molecule has 0 aromatic carbocycles. The van der Waals surface area contributed by atoms with Crippen molar-refractivity contribution in [3.05, 3.63) is 16.3 Å². The average molecular weight is 363 g/mol. The van der Waals surface area contributed by atoms with Crippen molar-refractivity contribution in [1.82, 2.24) is 24.6 Å². The summed E-state index contributed by atoms with van der Waals surface area (Å²) in [7, 11) is 1.85. The SMILES string of the molecule is CN=C(NCCCn1nc2n(c1=O)CCCC2)N1CCC(CC(C)C)C1. The summed E-state index contributed by atoms with van der Waals surface area (Å²) in [4.78, 5) is 19.2. The zero-order valence-electron chi connectivity index (χ0n) is 16.6. The van der Waals surface area contributed by atoms with Crippen molar-refractivity contribution in [2.75, 3.05) is 26.7 Å². The molecule has 146 valence electrons. The smallest absolute Gasteiger partial charge is 0.345 e. The van der Waals surface area contributed by atoms with E-state index < -0.39 is 0 Å². The Hall–Kier alpha value is -1.79. The number of rotatable bonds is 6. The number of fused-ring (bicyclic) bond motifs is 1. The fourth-order valence-electron chi connectivity index (χ4n) is 4.24. The van der Waals surface area contributed by atoms with E-state index in [1.807, 2.05) is 11.6 Å². The number of likely N-dealkylation sites (tertiary alicyclic amines) is 1. The lowest BCUT2D eigenvalue weighted by atomic mass is 9.97. The molecule has 0 aliphatic carbocycles. The lowest BCUT2D eigenvalue weighted by molar-refractivity contribution is 0.403. The van der Waals surface area contributed by atoms with Crippen LogP contribution in [0.15, 0.2) is 9.79 Å². The van der Waals surface area contributed by atoms with E-state index in [9.17, 15) is 4.79 Å². The number of hydrogen-bond acceptors (Lipinski definition) is 3. The quantitative estimate of drug-likeness (QED) is 0.475. The molecule has 1 aromatic heterocycles. The first-order valence-electron chi connectivity index (χ1n) is 10.2.